The summed E-state index contributed by atoms with van der Waals surface area (Å²) in [5.41, 5.74) is 0.944. The summed E-state index contributed by atoms with van der Waals surface area (Å²) in [5.74, 6) is 0.683. The maximum absolute atomic E-state index is 9.11. The van der Waals surface area contributed by atoms with Crippen LogP contribution in [0.1, 0.15) is 19.4 Å². The second-order valence-electron chi connectivity index (χ2n) is 4.54. The molecule has 1 unspecified atom stereocenters. The van der Waals surface area contributed by atoms with Gasteiger partial charge in [0.15, 0.2) is 0 Å². The Balaban J connectivity index is 2.46. The van der Waals surface area contributed by atoms with Crippen molar-refractivity contribution in [3.8, 4) is 5.75 Å². The van der Waals surface area contributed by atoms with Crippen LogP contribution in [0.2, 0.25) is 10.0 Å². The topological polar surface area (TPSA) is 53.5 Å². The molecule has 0 radical (unpaired) electrons. The molecule has 0 fully saturated rings. The molecule has 0 aliphatic rings. The number of hydrogen-bond donors (Lipinski definition) is 3. The minimum absolute atomic E-state index is 0.328. The van der Waals surface area contributed by atoms with Gasteiger partial charge < -0.3 is 20.5 Å². The van der Waals surface area contributed by atoms with E-state index in [1.807, 2.05) is 13.0 Å². The normalized spacial score (nSPS) is 12.4. The van der Waals surface area contributed by atoms with E-state index in [1.165, 1.54) is 0 Å². The molecule has 0 aromatic heterocycles. The fourth-order valence-corrected chi connectivity index (χ4v) is 2.35. The average Bonchev–Trinajstić information content (AvgIpc) is 2.37. The largest absolute Gasteiger partial charge is 0.492 e. The zero-order valence-corrected chi connectivity index (χ0v) is 13.4. The van der Waals surface area contributed by atoms with Gasteiger partial charge in [-0.05, 0) is 26.0 Å². The molecule has 0 bridgehead atoms. The van der Waals surface area contributed by atoms with E-state index in [-0.39, 0.29) is 6.10 Å². The summed E-state index contributed by atoms with van der Waals surface area (Å²) in [4.78, 5) is 0. The Labute approximate surface area is 130 Å². The molecule has 1 aromatic rings. The third kappa shape index (κ3) is 6.29. The Morgan fingerprint density at radius 1 is 1.25 bits per heavy atom. The molecule has 1 rings (SSSR count). The zero-order valence-electron chi connectivity index (χ0n) is 11.9. The van der Waals surface area contributed by atoms with Crippen molar-refractivity contribution < 1.29 is 9.84 Å². The Morgan fingerprint density at radius 2 is 1.95 bits per heavy atom. The molecular weight excluding hydrogens is 299 g/mol. The highest BCUT2D eigenvalue weighted by Crippen LogP contribution is 2.32. The van der Waals surface area contributed by atoms with Crippen LogP contribution in [0.25, 0.3) is 0 Å². The van der Waals surface area contributed by atoms with Gasteiger partial charge in [0.25, 0.3) is 0 Å². The van der Waals surface area contributed by atoms with Crippen LogP contribution in [-0.4, -0.2) is 37.5 Å². The van der Waals surface area contributed by atoms with E-state index in [1.54, 1.807) is 13.0 Å². The van der Waals surface area contributed by atoms with Crippen LogP contribution in [0.15, 0.2) is 12.1 Å². The lowest BCUT2D eigenvalue weighted by Crippen LogP contribution is -2.31. The van der Waals surface area contributed by atoms with E-state index < -0.39 is 0 Å². The standard InChI is InChI=1S/C14H22Cl2N2O2/c1-3-20-14-11(6-12(15)7-13(14)16)9-18-5-4-17-8-10(2)19/h6-7,10,17-19H,3-5,8-9H2,1-2H3. The third-order valence-electron chi connectivity index (χ3n) is 2.61. The second-order valence-corrected chi connectivity index (χ2v) is 5.38. The van der Waals surface area contributed by atoms with Gasteiger partial charge >= 0.3 is 0 Å². The zero-order chi connectivity index (χ0) is 15.0. The van der Waals surface area contributed by atoms with Crippen molar-refractivity contribution in [1.82, 2.24) is 10.6 Å². The minimum Gasteiger partial charge on any atom is -0.492 e. The molecule has 0 spiro atoms. The molecule has 0 aliphatic carbocycles. The first-order valence-corrected chi connectivity index (χ1v) is 7.50. The first kappa shape index (κ1) is 17.5. The summed E-state index contributed by atoms with van der Waals surface area (Å²) in [5, 5.41) is 16.7. The van der Waals surface area contributed by atoms with Crippen molar-refractivity contribution in [3.05, 3.63) is 27.7 Å². The first-order chi connectivity index (χ1) is 9.54. The third-order valence-corrected chi connectivity index (χ3v) is 3.11. The maximum Gasteiger partial charge on any atom is 0.142 e. The summed E-state index contributed by atoms with van der Waals surface area (Å²) in [6.07, 6.45) is -0.328. The number of benzene rings is 1. The van der Waals surface area contributed by atoms with Gasteiger partial charge in [-0.15, -0.1) is 0 Å². The molecule has 0 aliphatic heterocycles. The molecule has 114 valence electrons. The number of ether oxygens (including phenoxy) is 1. The highest BCUT2D eigenvalue weighted by Gasteiger charge is 2.10. The highest BCUT2D eigenvalue weighted by molar-refractivity contribution is 6.35. The minimum atomic E-state index is -0.328. The number of rotatable bonds is 9. The molecule has 0 saturated carbocycles. The summed E-state index contributed by atoms with van der Waals surface area (Å²) in [6.45, 7) is 7.02. The molecule has 1 atom stereocenters. The molecule has 6 heteroatoms. The molecule has 1 aromatic carbocycles. The van der Waals surface area contributed by atoms with Gasteiger partial charge in [0.05, 0.1) is 17.7 Å². The van der Waals surface area contributed by atoms with Gasteiger partial charge in [0.1, 0.15) is 5.75 Å². The van der Waals surface area contributed by atoms with Crippen LogP contribution in [0, 0.1) is 0 Å². The quantitative estimate of drug-likeness (QED) is 0.612. The van der Waals surface area contributed by atoms with Crippen molar-refractivity contribution in [2.24, 2.45) is 0 Å². The van der Waals surface area contributed by atoms with Crippen molar-refractivity contribution in [1.29, 1.82) is 0 Å². The molecule has 3 N–H and O–H groups in total. The Kier molecular flexibility index (Phi) is 8.26. The van der Waals surface area contributed by atoms with Gasteiger partial charge in [-0.2, -0.15) is 0 Å². The van der Waals surface area contributed by atoms with Crippen molar-refractivity contribution in [2.75, 3.05) is 26.2 Å². The lowest BCUT2D eigenvalue weighted by Gasteiger charge is -2.14. The van der Waals surface area contributed by atoms with Crippen molar-refractivity contribution >= 4 is 23.2 Å². The number of aliphatic hydroxyl groups excluding tert-OH is 1. The monoisotopic (exact) mass is 320 g/mol. The van der Waals surface area contributed by atoms with Gasteiger partial charge in [0, 0.05) is 36.8 Å². The summed E-state index contributed by atoms with van der Waals surface area (Å²) < 4.78 is 5.55. The average molecular weight is 321 g/mol. The van der Waals surface area contributed by atoms with Crippen LogP contribution in [0.3, 0.4) is 0 Å². The van der Waals surface area contributed by atoms with E-state index in [0.29, 0.717) is 35.5 Å². The van der Waals surface area contributed by atoms with Gasteiger partial charge in [-0.25, -0.2) is 0 Å². The maximum atomic E-state index is 9.11. The molecule has 4 nitrogen and oxygen atoms in total. The number of nitrogens with one attached hydrogen (secondary N) is 2. The molecule has 0 saturated heterocycles. The second kappa shape index (κ2) is 9.42. The number of aliphatic hydroxyl groups is 1. The molecular formula is C14H22Cl2N2O2. The fourth-order valence-electron chi connectivity index (χ4n) is 1.76. The predicted molar refractivity (Wildman–Crippen MR) is 83.9 cm³/mol. The van der Waals surface area contributed by atoms with Crippen molar-refractivity contribution in [3.63, 3.8) is 0 Å². The number of hydrogen-bond acceptors (Lipinski definition) is 4. The summed E-state index contributed by atoms with van der Waals surface area (Å²) in [7, 11) is 0. The molecule has 0 amide bonds. The van der Waals surface area contributed by atoms with Crippen LogP contribution in [0.5, 0.6) is 5.75 Å². The SMILES string of the molecule is CCOc1c(Cl)cc(Cl)cc1CNCCNCC(C)O. The lowest BCUT2D eigenvalue weighted by molar-refractivity contribution is 0.191. The van der Waals surface area contributed by atoms with Crippen LogP contribution in [-0.2, 0) is 6.54 Å². The van der Waals surface area contributed by atoms with Crippen LogP contribution in [0.4, 0.5) is 0 Å². The van der Waals surface area contributed by atoms with Crippen LogP contribution >= 0.6 is 23.2 Å². The first-order valence-electron chi connectivity index (χ1n) is 6.74. The Bertz CT molecular complexity index is 414. The summed E-state index contributed by atoms with van der Waals surface area (Å²) >= 11 is 12.1. The van der Waals surface area contributed by atoms with Gasteiger partial charge in [0.2, 0.25) is 0 Å². The van der Waals surface area contributed by atoms with E-state index in [0.717, 1.165) is 18.7 Å². The smallest absolute Gasteiger partial charge is 0.142 e. The van der Waals surface area contributed by atoms with Crippen molar-refractivity contribution in [2.45, 2.75) is 26.5 Å². The van der Waals surface area contributed by atoms with Gasteiger partial charge in [-0.1, -0.05) is 23.2 Å². The lowest BCUT2D eigenvalue weighted by atomic mass is 10.2. The van der Waals surface area contributed by atoms with E-state index in [2.05, 4.69) is 10.6 Å². The van der Waals surface area contributed by atoms with E-state index in [9.17, 15) is 0 Å². The Morgan fingerprint density at radius 3 is 2.60 bits per heavy atom. The number of halogens is 2. The molecule has 20 heavy (non-hydrogen) atoms. The van der Waals surface area contributed by atoms with Gasteiger partial charge in [-0.3, -0.25) is 0 Å². The van der Waals surface area contributed by atoms with Crippen LogP contribution < -0.4 is 15.4 Å². The molecule has 0 heterocycles. The highest BCUT2D eigenvalue weighted by atomic mass is 35.5. The fraction of sp³-hybridized carbons (Fsp3) is 0.571. The Hall–Kier alpha value is -0.520. The predicted octanol–water partition coefficient (Wildman–Crippen LogP) is 2.45. The summed E-state index contributed by atoms with van der Waals surface area (Å²) in [6, 6.07) is 3.54. The van der Waals surface area contributed by atoms with E-state index in [4.69, 9.17) is 33.0 Å². The van der Waals surface area contributed by atoms with E-state index >= 15 is 0 Å².